The van der Waals surface area contributed by atoms with Crippen molar-refractivity contribution in [3.8, 4) is 0 Å². The van der Waals surface area contributed by atoms with E-state index in [4.69, 9.17) is 5.21 Å². The summed E-state index contributed by atoms with van der Waals surface area (Å²) >= 11 is 0. The minimum Gasteiger partial charge on any atom is -0.324 e. The first kappa shape index (κ1) is 11.0. The Morgan fingerprint density at radius 1 is 1.12 bits per heavy atom. The lowest BCUT2D eigenvalue weighted by Crippen LogP contribution is -2.19. The largest absolute Gasteiger partial charge is 0.324 e. The van der Waals surface area contributed by atoms with Crippen molar-refractivity contribution in [1.82, 2.24) is 15.4 Å². The van der Waals surface area contributed by atoms with Gasteiger partial charge < -0.3 is 5.32 Å². The van der Waals surface area contributed by atoms with E-state index in [1.54, 1.807) is 0 Å². The summed E-state index contributed by atoms with van der Waals surface area (Å²) in [5, 5.41) is 11.4. The molecule has 0 saturated heterocycles. The average Bonchev–Trinajstić information content (AvgIpc) is 2.40. The molecule has 3 N–H and O–H groups in total. The van der Waals surface area contributed by atoms with Crippen LogP contribution in [0.2, 0.25) is 0 Å². The minimum absolute atomic E-state index is 0.186. The highest BCUT2D eigenvalue weighted by molar-refractivity contribution is 5.92. The SMILES string of the molecule is O=C(NO)c1cnc(Nc2ccccc2)nc1. The topological polar surface area (TPSA) is 87.1 Å². The van der Waals surface area contributed by atoms with Gasteiger partial charge in [0.1, 0.15) is 0 Å². The molecule has 1 heterocycles. The van der Waals surface area contributed by atoms with E-state index in [0.29, 0.717) is 5.95 Å². The van der Waals surface area contributed by atoms with E-state index in [0.717, 1.165) is 5.69 Å². The van der Waals surface area contributed by atoms with E-state index in [2.05, 4.69) is 15.3 Å². The average molecular weight is 230 g/mol. The lowest BCUT2D eigenvalue weighted by molar-refractivity contribution is 0.0705. The Morgan fingerprint density at radius 2 is 1.76 bits per heavy atom. The molecule has 0 atom stereocenters. The second kappa shape index (κ2) is 5.04. The highest BCUT2D eigenvalue weighted by Crippen LogP contribution is 2.11. The molecule has 86 valence electrons. The van der Waals surface area contributed by atoms with Crippen molar-refractivity contribution in [2.24, 2.45) is 0 Å². The van der Waals surface area contributed by atoms with Gasteiger partial charge in [0, 0.05) is 18.1 Å². The first-order valence-electron chi connectivity index (χ1n) is 4.88. The van der Waals surface area contributed by atoms with Crippen LogP contribution in [0.3, 0.4) is 0 Å². The Hall–Kier alpha value is -2.47. The minimum atomic E-state index is -0.642. The summed E-state index contributed by atoms with van der Waals surface area (Å²) in [6, 6.07) is 9.42. The molecule has 0 aliphatic carbocycles. The van der Waals surface area contributed by atoms with Crippen LogP contribution in [0.25, 0.3) is 0 Å². The van der Waals surface area contributed by atoms with Crippen molar-refractivity contribution in [3.05, 3.63) is 48.3 Å². The van der Waals surface area contributed by atoms with Crippen molar-refractivity contribution >= 4 is 17.5 Å². The third-order valence-electron chi connectivity index (χ3n) is 2.05. The fourth-order valence-corrected chi connectivity index (χ4v) is 1.22. The number of aromatic nitrogens is 2. The quantitative estimate of drug-likeness (QED) is 0.547. The van der Waals surface area contributed by atoms with Gasteiger partial charge in [-0.05, 0) is 12.1 Å². The Morgan fingerprint density at radius 3 is 2.35 bits per heavy atom. The molecule has 6 nitrogen and oxygen atoms in total. The highest BCUT2D eigenvalue weighted by Gasteiger charge is 2.05. The molecule has 1 aromatic carbocycles. The molecule has 0 radical (unpaired) electrons. The number of nitrogens with one attached hydrogen (secondary N) is 2. The number of nitrogens with zero attached hydrogens (tertiary/aromatic N) is 2. The van der Waals surface area contributed by atoms with E-state index in [9.17, 15) is 4.79 Å². The van der Waals surface area contributed by atoms with Gasteiger partial charge in [0.05, 0.1) is 5.56 Å². The number of carbonyl (C=O) groups excluding carboxylic acids is 1. The van der Waals surface area contributed by atoms with Crippen molar-refractivity contribution in [1.29, 1.82) is 0 Å². The van der Waals surface area contributed by atoms with Crippen molar-refractivity contribution in [3.63, 3.8) is 0 Å². The molecular weight excluding hydrogens is 220 g/mol. The van der Waals surface area contributed by atoms with Gasteiger partial charge in [-0.25, -0.2) is 15.4 Å². The van der Waals surface area contributed by atoms with Gasteiger partial charge >= 0.3 is 0 Å². The second-order valence-electron chi connectivity index (χ2n) is 3.23. The Balaban J connectivity index is 2.11. The number of benzene rings is 1. The molecule has 0 bridgehead atoms. The summed E-state index contributed by atoms with van der Waals surface area (Å²) in [4.78, 5) is 18.9. The number of para-hydroxylation sites is 1. The van der Waals surface area contributed by atoms with Crippen molar-refractivity contribution < 1.29 is 10.0 Å². The van der Waals surface area contributed by atoms with Gasteiger partial charge in [-0.1, -0.05) is 18.2 Å². The third kappa shape index (κ3) is 2.76. The standard InChI is InChI=1S/C11H10N4O2/c16-10(15-17)8-6-12-11(13-7-8)14-9-4-2-1-3-5-9/h1-7,17H,(H,15,16)(H,12,13,14). The maximum absolute atomic E-state index is 11.0. The van der Waals surface area contributed by atoms with Crippen LogP contribution in [0.4, 0.5) is 11.6 Å². The predicted molar refractivity (Wildman–Crippen MR) is 61.0 cm³/mol. The van der Waals surface area contributed by atoms with Gasteiger partial charge in [-0.3, -0.25) is 10.0 Å². The zero-order valence-electron chi connectivity index (χ0n) is 8.79. The maximum Gasteiger partial charge on any atom is 0.277 e. The third-order valence-corrected chi connectivity index (χ3v) is 2.05. The zero-order valence-corrected chi connectivity index (χ0v) is 8.79. The van der Waals surface area contributed by atoms with Crippen molar-refractivity contribution in [2.45, 2.75) is 0 Å². The molecule has 0 saturated carbocycles. The summed E-state index contributed by atoms with van der Waals surface area (Å²) in [7, 11) is 0. The normalized spacial score (nSPS) is 9.71. The first-order chi connectivity index (χ1) is 8.29. The van der Waals surface area contributed by atoms with E-state index in [1.165, 1.54) is 17.9 Å². The molecule has 0 aliphatic rings. The van der Waals surface area contributed by atoms with Gasteiger partial charge in [-0.15, -0.1) is 0 Å². The van der Waals surface area contributed by atoms with Crippen LogP contribution in [0.5, 0.6) is 0 Å². The molecule has 0 fully saturated rings. The smallest absolute Gasteiger partial charge is 0.277 e. The summed E-state index contributed by atoms with van der Waals surface area (Å²) in [5.74, 6) is -0.262. The van der Waals surface area contributed by atoms with Crippen LogP contribution in [0.1, 0.15) is 10.4 Å². The highest BCUT2D eigenvalue weighted by atomic mass is 16.5. The molecule has 0 unspecified atom stereocenters. The number of hydrogen-bond donors (Lipinski definition) is 3. The van der Waals surface area contributed by atoms with Gasteiger partial charge in [0.15, 0.2) is 0 Å². The number of hydroxylamine groups is 1. The predicted octanol–water partition coefficient (Wildman–Crippen LogP) is 1.34. The lowest BCUT2D eigenvalue weighted by Gasteiger charge is -2.04. The monoisotopic (exact) mass is 230 g/mol. The zero-order chi connectivity index (χ0) is 12.1. The molecule has 2 rings (SSSR count). The molecule has 2 aromatic rings. The van der Waals surface area contributed by atoms with Gasteiger partial charge in [0.25, 0.3) is 5.91 Å². The Labute approximate surface area is 97.3 Å². The fraction of sp³-hybridized carbons (Fsp3) is 0. The Kier molecular flexibility index (Phi) is 3.27. The van der Waals surface area contributed by atoms with Gasteiger partial charge in [-0.2, -0.15) is 0 Å². The van der Waals surface area contributed by atoms with Gasteiger partial charge in [0.2, 0.25) is 5.95 Å². The van der Waals surface area contributed by atoms with Crippen LogP contribution < -0.4 is 10.8 Å². The summed E-state index contributed by atoms with van der Waals surface area (Å²) in [6.45, 7) is 0. The molecule has 0 spiro atoms. The van der Waals surface area contributed by atoms with Crippen LogP contribution in [0, 0.1) is 0 Å². The van der Waals surface area contributed by atoms with E-state index < -0.39 is 5.91 Å². The molecule has 6 heteroatoms. The van der Waals surface area contributed by atoms with Crippen LogP contribution >= 0.6 is 0 Å². The number of rotatable bonds is 3. The maximum atomic E-state index is 11.0. The second-order valence-corrected chi connectivity index (χ2v) is 3.23. The Bertz CT molecular complexity index is 499. The van der Waals surface area contributed by atoms with E-state index in [-0.39, 0.29) is 5.56 Å². The fourth-order valence-electron chi connectivity index (χ4n) is 1.22. The summed E-state index contributed by atoms with van der Waals surface area (Å²) in [5.41, 5.74) is 2.55. The number of anilines is 2. The summed E-state index contributed by atoms with van der Waals surface area (Å²) in [6.07, 6.45) is 2.65. The first-order valence-corrected chi connectivity index (χ1v) is 4.88. The molecule has 1 aromatic heterocycles. The number of amides is 1. The van der Waals surface area contributed by atoms with Crippen LogP contribution in [-0.4, -0.2) is 21.1 Å². The molecule has 1 amide bonds. The molecule has 0 aliphatic heterocycles. The molecule has 17 heavy (non-hydrogen) atoms. The van der Waals surface area contributed by atoms with Crippen LogP contribution in [0.15, 0.2) is 42.7 Å². The van der Waals surface area contributed by atoms with Crippen molar-refractivity contribution in [2.75, 3.05) is 5.32 Å². The van der Waals surface area contributed by atoms with E-state index >= 15 is 0 Å². The number of hydrogen-bond acceptors (Lipinski definition) is 5. The summed E-state index contributed by atoms with van der Waals surface area (Å²) < 4.78 is 0. The van der Waals surface area contributed by atoms with Crippen LogP contribution in [-0.2, 0) is 0 Å². The van der Waals surface area contributed by atoms with E-state index in [1.807, 2.05) is 30.3 Å². The lowest BCUT2D eigenvalue weighted by atomic mass is 10.3. The number of carbonyl (C=O) groups is 1. The molecular formula is C11H10N4O2.